The summed E-state index contributed by atoms with van der Waals surface area (Å²) in [5.41, 5.74) is 3.52. The number of fused-ring (bicyclic) bond motifs is 3. The van der Waals surface area contributed by atoms with Gasteiger partial charge in [0.1, 0.15) is 30.6 Å². The molecule has 0 amide bonds. The van der Waals surface area contributed by atoms with E-state index < -0.39 is 17.7 Å². The highest BCUT2D eigenvalue weighted by atomic mass is 19.1. The Labute approximate surface area is 146 Å². The molecule has 2 aromatic rings. The molecule has 4 rings (SSSR count). The molecule has 0 radical (unpaired) electrons. The molecule has 132 valence electrons. The van der Waals surface area contributed by atoms with E-state index in [2.05, 4.69) is 38.2 Å². The van der Waals surface area contributed by atoms with Gasteiger partial charge < -0.3 is 14.8 Å². The van der Waals surface area contributed by atoms with Crippen molar-refractivity contribution in [3.8, 4) is 0 Å². The second-order valence-electron chi connectivity index (χ2n) is 7.68. The van der Waals surface area contributed by atoms with Gasteiger partial charge >= 0.3 is 0 Å². The molecular formula is C20H21F2NO2. The van der Waals surface area contributed by atoms with Crippen LogP contribution in [0.5, 0.6) is 0 Å². The van der Waals surface area contributed by atoms with Crippen LogP contribution in [0, 0.1) is 11.6 Å². The molecule has 5 heteroatoms. The Kier molecular flexibility index (Phi) is 3.81. The smallest absolute Gasteiger partial charge is 0.148 e. The summed E-state index contributed by atoms with van der Waals surface area (Å²) in [7, 11) is 0. The molecule has 3 atom stereocenters. The highest BCUT2D eigenvalue weighted by Crippen LogP contribution is 2.46. The lowest BCUT2D eigenvalue weighted by Crippen LogP contribution is -2.35. The molecular weight excluding hydrogens is 324 g/mol. The van der Waals surface area contributed by atoms with Crippen LogP contribution in [-0.4, -0.2) is 12.9 Å². The molecule has 2 heterocycles. The summed E-state index contributed by atoms with van der Waals surface area (Å²) >= 11 is 0. The molecule has 1 N–H and O–H groups in total. The van der Waals surface area contributed by atoms with Crippen molar-refractivity contribution in [3.05, 3.63) is 64.7 Å². The van der Waals surface area contributed by atoms with Crippen LogP contribution in [0.25, 0.3) is 0 Å². The molecule has 0 spiro atoms. The molecule has 2 aliphatic rings. The van der Waals surface area contributed by atoms with Gasteiger partial charge in [-0.3, -0.25) is 0 Å². The predicted molar refractivity (Wildman–Crippen MR) is 91.4 cm³/mol. The Morgan fingerprint density at radius 2 is 1.80 bits per heavy atom. The van der Waals surface area contributed by atoms with Gasteiger partial charge in [0.2, 0.25) is 0 Å². The van der Waals surface area contributed by atoms with Crippen molar-refractivity contribution in [1.82, 2.24) is 0 Å². The topological polar surface area (TPSA) is 30.5 Å². The van der Waals surface area contributed by atoms with Crippen molar-refractivity contribution < 1.29 is 18.3 Å². The maximum atomic E-state index is 14.3. The first-order valence-corrected chi connectivity index (χ1v) is 8.44. The van der Waals surface area contributed by atoms with Crippen molar-refractivity contribution in [2.75, 3.05) is 12.1 Å². The molecule has 0 aliphatic carbocycles. The summed E-state index contributed by atoms with van der Waals surface area (Å²) in [5.74, 6) is -1.17. The maximum Gasteiger partial charge on any atom is 0.148 e. The van der Waals surface area contributed by atoms with E-state index in [9.17, 15) is 8.78 Å². The van der Waals surface area contributed by atoms with Gasteiger partial charge in [0.25, 0.3) is 0 Å². The van der Waals surface area contributed by atoms with Gasteiger partial charge in [-0.05, 0) is 23.1 Å². The third-order valence-electron chi connectivity index (χ3n) is 4.97. The molecule has 3 unspecified atom stereocenters. The number of rotatable bonds is 1. The summed E-state index contributed by atoms with van der Waals surface area (Å²) in [6, 6.07) is 9.41. The first-order chi connectivity index (χ1) is 11.8. The Balaban J connectivity index is 1.77. The Bertz CT molecular complexity index is 816. The summed E-state index contributed by atoms with van der Waals surface area (Å²) < 4.78 is 39.1. The number of benzene rings is 2. The van der Waals surface area contributed by atoms with Crippen molar-refractivity contribution in [1.29, 1.82) is 0 Å². The maximum absolute atomic E-state index is 14.3. The van der Waals surface area contributed by atoms with E-state index in [1.807, 2.05) is 6.07 Å². The lowest BCUT2D eigenvalue weighted by molar-refractivity contribution is 0.0365. The standard InChI is InChI=1S/C20H21F2NO2/c1-20(2,3)11-4-7-16-14(8-11)18-19(25-10-24-18)17(23-16)13-6-5-12(21)9-15(13)22/h4-9,17-19,23H,10H2,1-3H3. The largest absolute Gasteiger partial charge is 0.375 e. The first-order valence-electron chi connectivity index (χ1n) is 8.44. The summed E-state index contributed by atoms with van der Waals surface area (Å²) in [6.45, 7) is 6.64. The van der Waals surface area contributed by atoms with Crippen molar-refractivity contribution >= 4 is 5.69 Å². The normalized spacial score (nSPS) is 25.2. The van der Waals surface area contributed by atoms with Gasteiger partial charge in [0.15, 0.2) is 0 Å². The SMILES string of the molecule is CC(C)(C)c1ccc2c(c1)C1OCOC1C(c1ccc(F)cc1F)N2. The predicted octanol–water partition coefficient (Wildman–Crippen LogP) is 4.84. The fourth-order valence-corrected chi connectivity index (χ4v) is 3.57. The second kappa shape index (κ2) is 5.78. The monoisotopic (exact) mass is 345 g/mol. The summed E-state index contributed by atoms with van der Waals surface area (Å²) in [4.78, 5) is 0. The highest BCUT2D eigenvalue weighted by molar-refractivity contribution is 5.59. The van der Waals surface area contributed by atoms with Crippen LogP contribution in [0.4, 0.5) is 14.5 Å². The molecule has 0 saturated carbocycles. The molecule has 2 aliphatic heterocycles. The average Bonchev–Trinajstić information content (AvgIpc) is 3.03. The van der Waals surface area contributed by atoms with Crippen LogP contribution in [0.15, 0.2) is 36.4 Å². The lowest BCUT2D eigenvalue weighted by atomic mass is 9.82. The van der Waals surface area contributed by atoms with Gasteiger partial charge in [-0.25, -0.2) is 8.78 Å². The Morgan fingerprint density at radius 3 is 2.52 bits per heavy atom. The Hall–Kier alpha value is -1.98. The number of ether oxygens (including phenoxy) is 2. The van der Waals surface area contributed by atoms with Crippen LogP contribution in [-0.2, 0) is 14.9 Å². The number of nitrogens with one attached hydrogen (secondary N) is 1. The van der Waals surface area contributed by atoms with Crippen LogP contribution in [0.2, 0.25) is 0 Å². The number of halogens is 2. The number of hydrogen-bond acceptors (Lipinski definition) is 3. The van der Waals surface area contributed by atoms with Crippen molar-refractivity contribution in [2.24, 2.45) is 0 Å². The van der Waals surface area contributed by atoms with Crippen LogP contribution < -0.4 is 5.32 Å². The van der Waals surface area contributed by atoms with Gasteiger partial charge in [0, 0.05) is 22.9 Å². The zero-order valence-electron chi connectivity index (χ0n) is 14.5. The Morgan fingerprint density at radius 1 is 1.00 bits per heavy atom. The molecule has 2 aromatic carbocycles. The third kappa shape index (κ3) is 2.81. The molecule has 0 aromatic heterocycles. The lowest BCUT2D eigenvalue weighted by Gasteiger charge is -2.36. The number of hydrogen-bond donors (Lipinski definition) is 1. The number of anilines is 1. The molecule has 25 heavy (non-hydrogen) atoms. The van der Waals surface area contributed by atoms with E-state index in [0.29, 0.717) is 5.56 Å². The minimum absolute atomic E-state index is 0.0178. The van der Waals surface area contributed by atoms with Crippen LogP contribution in [0.1, 0.15) is 49.6 Å². The summed E-state index contributed by atoms with van der Waals surface area (Å²) in [6.07, 6.45) is -0.629. The van der Waals surface area contributed by atoms with E-state index in [-0.39, 0.29) is 24.4 Å². The van der Waals surface area contributed by atoms with Crippen molar-refractivity contribution in [2.45, 2.75) is 44.4 Å². The molecule has 0 bridgehead atoms. The fourth-order valence-electron chi connectivity index (χ4n) is 3.57. The van der Waals surface area contributed by atoms with E-state index in [0.717, 1.165) is 17.3 Å². The molecule has 3 nitrogen and oxygen atoms in total. The zero-order valence-corrected chi connectivity index (χ0v) is 14.5. The van der Waals surface area contributed by atoms with Crippen LogP contribution >= 0.6 is 0 Å². The average molecular weight is 345 g/mol. The molecule has 1 fully saturated rings. The van der Waals surface area contributed by atoms with Gasteiger partial charge in [0.05, 0.1) is 6.04 Å². The van der Waals surface area contributed by atoms with E-state index in [1.165, 1.54) is 17.7 Å². The zero-order chi connectivity index (χ0) is 17.8. The molecule has 1 saturated heterocycles. The van der Waals surface area contributed by atoms with Crippen molar-refractivity contribution in [3.63, 3.8) is 0 Å². The van der Waals surface area contributed by atoms with Gasteiger partial charge in [-0.2, -0.15) is 0 Å². The van der Waals surface area contributed by atoms with E-state index in [1.54, 1.807) is 0 Å². The fraction of sp³-hybridized carbons (Fsp3) is 0.400. The van der Waals surface area contributed by atoms with Crippen LogP contribution in [0.3, 0.4) is 0 Å². The highest BCUT2D eigenvalue weighted by Gasteiger charge is 2.44. The first kappa shape index (κ1) is 16.5. The van der Waals surface area contributed by atoms with Gasteiger partial charge in [-0.1, -0.05) is 39.0 Å². The second-order valence-corrected chi connectivity index (χ2v) is 7.68. The van der Waals surface area contributed by atoms with E-state index in [4.69, 9.17) is 9.47 Å². The minimum atomic E-state index is -0.590. The third-order valence-corrected chi connectivity index (χ3v) is 4.97. The van der Waals surface area contributed by atoms with Gasteiger partial charge in [-0.15, -0.1) is 0 Å². The quantitative estimate of drug-likeness (QED) is 0.802. The summed E-state index contributed by atoms with van der Waals surface area (Å²) in [5, 5.41) is 3.36. The minimum Gasteiger partial charge on any atom is -0.375 e. The van der Waals surface area contributed by atoms with E-state index >= 15 is 0 Å².